The number of piperidine rings is 1. The van der Waals surface area contributed by atoms with Crippen LogP contribution in [0.5, 0.6) is 11.5 Å². The van der Waals surface area contributed by atoms with E-state index in [-0.39, 0.29) is 29.6 Å². The predicted molar refractivity (Wildman–Crippen MR) is 150 cm³/mol. The maximum atomic E-state index is 12.4. The van der Waals surface area contributed by atoms with Crippen LogP contribution >= 0.6 is 0 Å². The number of likely N-dealkylation sites (tertiary alicyclic amines) is 1. The van der Waals surface area contributed by atoms with Crippen LogP contribution in [0.3, 0.4) is 0 Å². The molecule has 5 rings (SSSR count). The fraction of sp³-hybridized carbons (Fsp3) is 0.500. The second-order valence-corrected chi connectivity index (χ2v) is 11.7. The Morgan fingerprint density at radius 1 is 1.15 bits per heavy atom. The van der Waals surface area contributed by atoms with Crippen molar-refractivity contribution in [3.05, 3.63) is 64.2 Å². The zero-order valence-electron chi connectivity index (χ0n) is 23.2. The van der Waals surface area contributed by atoms with Crippen molar-refractivity contribution in [3.63, 3.8) is 0 Å². The summed E-state index contributed by atoms with van der Waals surface area (Å²) in [6.45, 7) is 9.48. The van der Waals surface area contributed by atoms with Crippen LogP contribution in [-0.4, -0.2) is 68.9 Å². The largest absolute Gasteiger partial charge is 0.486 e. The van der Waals surface area contributed by atoms with Gasteiger partial charge in [-0.05, 0) is 41.7 Å². The van der Waals surface area contributed by atoms with Crippen molar-refractivity contribution < 1.29 is 19.4 Å². The van der Waals surface area contributed by atoms with E-state index in [0.717, 1.165) is 48.8 Å². The molecular formula is C30H38N4O5. The van der Waals surface area contributed by atoms with Crippen molar-refractivity contribution in [3.8, 4) is 11.5 Å². The summed E-state index contributed by atoms with van der Waals surface area (Å²) in [4.78, 5) is 33.2. The topological polar surface area (TPSA) is 97.1 Å². The Labute approximate surface area is 229 Å². The number of amides is 1. The van der Waals surface area contributed by atoms with Gasteiger partial charge in [-0.25, -0.2) is 4.79 Å². The monoisotopic (exact) mass is 534 g/mol. The molecule has 2 unspecified atom stereocenters. The molecule has 4 heterocycles. The first-order valence-electron chi connectivity index (χ1n) is 13.7. The second-order valence-electron chi connectivity index (χ2n) is 11.7. The minimum absolute atomic E-state index is 0.00963. The Morgan fingerprint density at radius 2 is 1.92 bits per heavy atom. The van der Waals surface area contributed by atoms with Gasteiger partial charge < -0.3 is 19.1 Å². The zero-order chi connectivity index (χ0) is 27.7. The molecule has 0 radical (unpaired) electrons. The van der Waals surface area contributed by atoms with E-state index in [1.807, 2.05) is 25.2 Å². The third-order valence-electron chi connectivity index (χ3n) is 8.08. The number of aromatic nitrogens is 2. The average Bonchev–Trinajstić information content (AvgIpc) is 2.91. The van der Waals surface area contributed by atoms with Crippen LogP contribution in [0, 0.1) is 5.41 Å². The second kappa shape index (κ2) is 10.9. The summed E-state index contributed by atoms with van der Waals surface area (Å²) in [7, 11) is 1.83. The number of ether oxygens (including phenoxy) is 2. The van der Waals surface area contributed by atoms with E-state index in [0.29, 0.717) is 30.4 Å². The highest BCUT2D eigenvalue weighted by molar-refractivity contribution is 5.82. The number of benzene rings is 1. The number of para-hydroxylation sites is 1. The molecule has 0 spiro atoms. The molecule has 9 nitrogen and oxygen atoms in total. The fourth-order valence-corrected chi connectivity index (χ4v) is 6.05. The van der Waals surface area contributed by atoms with Gasteiger partial charge in [0.2, 0.25) is 0 Å². The van der Waals surface area contributed by atoms with Crippen molar-refractivity contribution in [2.45, 2.75) is 58.7 Å². The summed E-state index contributed by atoms with van der Waals surface area (Å²) in [5.74, 6) is 1.21. The normalized spacial score (nSPS) is 19.7. The Bertz CT molecular complexity index is 1410. The maximum Gasteiger partial charge on any atom is 0.407 e. The Kier molecular flexibility index (Phi) is 7.53. The number of carbonyl (C=O) groups is 1. The highest BCUT2D eigenvalue weighted by atomic mass is 16.6. The van der Waals surface area contributed by atoms with Crippen molar-refractivity contribution in [2.24, 2.45) is 12.5 Å². The molecule has 2 aromatic heterocycles. The van der Waals surface area contributed by atoms with Crippen LogP contribution in [0.1, 0.15) is 44.9 Å². The third-order valence-corrected chi connectivity index (χ3v) is 8.08. The van der Waals surface area contributed by atoms with Gasteiger partial charge in [0, 0.05) is 44.4 Å². The number of fused-ring (bicyclic) bond motifs is 2. The van der Waals surface area contributed by atoms with Crippen molar-refractivity contribution >= 4 is 17.0 Å². The first kappa shape index (κ1) is 27.0. The van der Waals surface area contributed by atoms with Gasteiger partial charge in [-0.1, -0.05) is 39.0 Å². The molecule has 0 saturated carbocycles. The molecule has 1 fully saturated rings. The molecule has 1 aromatic carbocycles. The lowest BCUT2D eigenvalue weighted by molar-refractivity contribution is 0.0151. The van der Waals surface area contributed by atoms with E-state index in [1.165, 1.54) is 4.90 Å². The van der Waals surface area contributed by atoms with Crippen LogP contribution in [0.15, 0.2) is 47.4 Å². The fourth-order valence-electron chi connectivity index (χ4n) is 6.05. The lowest BCUT2D eigenvalue weighted by Gasteiger charge is -2.48. The van der Waals surface area contributed by atoms with Crippen molar-refractivity contribution in [2.75, 3.05) is 26.3 Å². The first-order valence-corrected chi connectivity index (χ1v) is 13.7. The molecule has 2 aliphatic heterocycles. The molecule has 2 atom stereocenters. The van der Waals surface area contributed by atoms with Gasteiger partial charge in [-0.3, -0.25) is 19.6 Å². The summed E-state index contributed by atoms with van der Waals surface area (Å²) in [6, 6.07) is 11.6. The number of pyridine rings is 2. The van der Waals surface area contributed by atoms with Crippen LogP contribution in [0.2, 0.25) is 0 Å². The number of aryl methyl sites for hydroxylation is 1. The van der Waals surface area contributed by atoms with Gasteiger partial charge >= 0.3 is 6.09 Å². The quantitative estimate of drug-likeness (QED) is 0.503. The highest BCUT2D eigenvalue weighted by Gasteiger charge is 2.39. The molecule has 0 bridgehead atoms. The minimum atomic E-state index is -0.936. The van der Waals surface area contributed by atoms with E-state index in [2.05, 4.69) is 36.7 Å². The third kappa shape index (κ3) is 5.73. The van der Waals surface area contributed by atoms with E-state index in [1.54, 1.807) is 22.9 Å². The molecule has 1 N–H and O–H groups in total. The minimum Gasteiger partial charge on any atom is -0.486 e. The average molecular weight is 535 g/mol. The van der Waals surface area contributed by atoms with Crippen LogP contribution in [0.25, 0.3) is 10.9 Å². The number of nitrogens with zero attached hydrogens (tertiary/aromatic N) is 4. The summed E-state index contributed by atoms with van der Waals surface area (Å²) in [5, 5.41) is 11.2. The zero-order valence-corrected chi connectivity index (χ0v) is 23.2. The van der Waals surface area contributed by atoms with Crippen LogP contribution < -0.4 is 15.0 Å². The molecule has 1 amide bonds. The SMILES string of the molecule is Cn1c(=O)ccc2cccc(CCN3CCC(N(Cc4cc5c(cn4)OCCO5)C(=O)O)CC3C(C)(C)C)c21. The van der Waals surface area contributed by atoms with Crippen molar-refractivity contribution in [1.29, 1.82) is 0 Å². The summed E-state index contributed by atoms with van der Waals surface area (Å²) in [5.41, 5.74) is 2.74. The lowest BCUT2D eigenvalue weighted by Crippen LogP contribution is -2.55. The Hall–Kier alpha value is -3.59. The van der Waals surface area contributed by atoms with Gasteiger partial charge in [0.1, 0.15) is 13.2 Å². The van der Waals surface area contributed by atoms with E-state index in [4.69, 9.17) is 9.47 Å². The molecule has 9 heteroatoms. The molecule has 208 valence electrons. The standard InChI is InChI=1S/C30H38N4O5/c1-30(2,3)26-17-23(34(29(36)37)19-22-16-24-25(18-31-22)39-15-14-38-24)11-13-33(26)12-10-21-7-5-6-20-8-9-27(35)32(4)28(20)21/h5-9,16,18,23,26H,10-15,17,19H2,1-4H3,(H,36,37). The van der Waals surface area contributed by atoms with Crippen molar-refractivity contribution in [1.82, 2.24) is 19.4 Å². The van der Waals surface area contributed by atoms with Crippen LogP contribution in [-0.2, 0) is 20.0 Å². The highest BCUT2D eigenvalue weighted by Crippen LogP contribution is 2.35. The maximum absolute atomic E-state index is 12.4. The molecule has 0 aliphatic carbocycles. The first-order chi connectivity index (χ1) is 18.6. The van der Waals surface area contributed by atoms with Gasteiger partial charge in [0.05, 0.1) is 24.0 Å². The summed E-state index contributed by atoms with van der Waals surface area (Å²) >= 11 is 0. The van der Waals surface area contributed by atoms with Gasteiger partial charge in [-0.2, -0.15) is 0 Å². The summed E-state index contributed by atoms with van der Waals surface area (Å²) < 4.78 is 13.0. The van der Waals surface area contributed by atoms with E-state index in [9.17, 15) is 14.7 Å². The number of rotatable bonds is 6. The van der Waals surface area contributed by atoms with E-state index >= 15 is 0 Å². The van der Waals surface area contributed by atoms with Gasteiger partial charge in [-0.15, -0.1) is 0 Å². The predicted octanol–water partition coefficient (Wildman–Crippen LogP) is 4.31. The summed E-state index contributed by atoms with van der Waals surface area (Å²) in [6.07, 6.45) is 2.99. The lowest BCUT2D eigenvalue weighted by atomic mass is 9.78. The molecule has 3 aromatic rings. The Balaban J connectivity index is 1.32. The number of hydrogen-bond acceptors (Lipinski definition) is 6. The molecule has 2 aliphatic rings. The number of hydrogen-bond donors (Lipinski definition) is 1. The number of carboxylic acid groups (broad SMARTS) is 1. The smallest absolute Gasteiger partial charge is 0.407 e. The molecular weight excluding hydrogens is 496 g/mol. The molecule has 39 heavy (non-hydrogen) atoms. The van der Waals surface area contributed by atoms with E-state index < -0.39 is 6.09 Å². The van der Waals surface area contributed by atoms with Crippen LogP contribution in [0.4, 0.5) is 4.79 Å². The molecule has 1 saturated heterocycles. The Morgan fingerprint density at radius 3 is 2.67 bits per heavy atom. The van der Waals surface area contributed by atoms with Gasteiger partial charge in [0.25, 0.3) is 5.56 Å². The van der Waals surface area contributed by atoms with Gasteiger partial charge in [0.15, 0.2) is 11.5 Å².